The van der Waals surface area contributed by atoms with Gasteiger partial charge in [0.2, 0.25) is 0 Å². The van der Waals surface area contributed by atoms with Gasteiger partial charge in [0, 0.05) is 15.8 Å². The number of nitrogens with zero attached hydrogens (tertiary/aromatic N) is 2. The molecule has 2 aromatic carbocycles. The van der Waals surface area contributed by atoms with Crippen LogP contribution in [0.25, 0.3) is 5.70 Å². The Morgan fingerprint density at radius 3 is 2.70 bits per heavy atom. The Bertz CT molecular complexity index is 787. The molecule has 3 rings (SSSR count). The molecule has 0 atom stereocenters. The van der Waals surface area contributed by atoms with Crippen LogP contribution >= 0.6 is 11.6 Å². The van der Waals surface area contributed by atoms with E-state index in [0.29, 0.717) is 21.3 Å². The van der Waals surface area contributed by atoms with Crippen LogP contribution in [0.4, 0.5) is 0 Å². The lowest BCUT2D eigenvalue weighted by molar-refractivity contribution is -0.125. The molecule has 1 aliphatic rings. The number of benzene rings is 2. The van der Waals surface area contributed by atoms with Gasteiger partial charge < -0.3 is 0 Å². The van der Waals surface area contributed by atoms with Gasteiger partial charge in [0.25, 0.3) is 5.91 Å². The maximum atomic E-state index is 11.7. The number of hydroxylamine groups is 2. The van der Waals surface area contributed by atoms with Gasteiger partial charge in [-0.2, -0.15) is 0 Å². The molecule has 2 aromatic rings. The van der Waals surface area contributed by atoms with Crippen molar-refractivity contribution in [2.75, 3.05) is 6.54 Å². The summed E-state index contributed by atoms with van der Waals surface area (Å²) in [4.78, 5) is 15.7. The molecule has 100 valence electrons. The number of rotatable bonds is 1. The van der Waals surface area contributed by atoms with E-state index in [9.17, 15) is 10.0 Å². The summed E-state index contributed by atoms with van der Waals surface area (Å²) in [5.74, 6) is -0.401. The van der Waals surface area contributed by atoms with Gasteiger partial charge in [0.15, 0.2) is 0 Å². The van der Waals surface area contributed by atoms with Gasteiger partial charge in [0.05, 0.1) is 11.1 Å². The molecule has 4 nitrogen and oxygen atoms in total. The number of hydrogen-bond donors (Lipinski definition) is 1. The molecular formula is C15H11ClN2O2. The minimum absolute atomic E-state index is 0.184. The van der Waals surface area contributed by atoms with Crippen molar-refractivity contribution in [3.63, 3.8) is 0 Å². The van der Waals surface area contributed by atoms with Crippen molar-refractivity contribution in [3.8, 4) is 0 Å². The fraction of sp³-hybridized carbons (Fsp3) is 0.0667. The highest BCUT2D eigenvalue weighted by Gasteiger charge is 2.18. The Kier molecular flexibility index (Phi) is 3.26. The average molecular weight is 289 g/mol. The molecule has 1 N–H and O–H groups in total. The van der Waals surface area contributed by atoms with E-state index in [1.54, 1.807) is 18.2 Å². The quantitative estimate of drug-likeness (QED) is 0.862. The van der Waals surface area contributed by atoms with E-state index in [0.717, 1.165) is 10.6 Å². The molecule has 1 heterocycles. The van der Waals surface area contributed by atoms with Gasteiger partial charge in [-0.25, -0.2) is 10.1 Å². The summed E-state index contributed by atoms with van der Waals surface area (Å²) < 4.78 is 0. The van der Waals surface area contributed by atoms with Crippen LogP contribution in [0.5, 0.6) is 0 Å². The van der Waals surface area contributed by atoms with E-state index < -0.39 is 5.91 Å². The Morgan fingerprint density at radius 1 is 1.20 bits per heavy atom. The lowest BCUT2D eigenvalue weighted by Gasteiger charge is -2.18. The van der Waals surface area contributed by atoms with Crippen LogP contribution in [0.15, 0.2) is 53.5 Å². The highest BCUT2D eigenvalue weighted by Crippen LogP contribution is 2.15. The second-order valence-corrected chi connectivity index (χ2v) is 4.88. The van der Waals surface area contributed by atoms with Crippen LogP contribution in [-0.4, -0.2) is 22.7 Å². The summed E-state index contributed by atoms with van der Waals surface area (Å²) in [6.45, 7) is -0.184. The molecule has 0 saturated carbocycles. The first-order valence-corrected chi connectivity index (χ1v) is 6.46. The Hall–Kier alpha value is -2.17. The van der Waals surface area contributed by atoms with Crippen LogP contribution in [-0.2, 0) is 4.79 Å². The van der Waals surface area contributed by atoms with Crippen molar-refractivity contribution >= 4 is 23.2 Å². The minimum Gasteiger partial charge on any atom is -0.288 e. The number of carbonyl (C=O) groups is 1. The molecule has 0 bridgehead atoms. The summed E-state index contributed by atoms with van der Waals surface area (Å²) >= 11 is 6.03. The third-order valence-electron chi connectivity index (χ3n) is 3.05. The summed E-state index contributed by atoms with van der Waals surface area (Å²) in [5.41, 5.74) is 1.32. The van der Waals surface area contributed by atoms with E-state index in [-0.39, 0.29) is 6.54 Å². The van der Waals surface area contributed by atoms with Crippen LogP contribution in [0.2, 0.25) is 5.02 Å². The van der Waals surface area contributed by atoms with Crippen molar-refractivity contribution < 1.29 is 10.0 Å². The summed E-state index contributed by atoms with van der Waals surface area (Å²) in [6, 6.07) is 14.4. The Labute approximate surface area is 120 Å². The molecule has 0 fully saturated rings. The van der Waals surface area contributed by atoms with Crippen LogP contribution in [0.1, 0.15) is 5.56 Å². The Balaban J connectivity index is 2.43. The standard InChI is InChI=1S/C15H11ClN2O2/c16-11-6-7-13-12(8-11)15(10-4-2-1-3-5-10)18(20)9-14(19)17-13/h1-8,20H,9H2/i14+2. The first-order chi connectivity index (χ1) is 9.65. The van der Waals surface area contributed by atoms with E-state index in [1.165, 1.54) is 0 Å². The van der Waals surface area contributed by atoms with Crippen LogP contribution in [0.3, 0.4) is 0 Å². The number of fused-ring (bicyclic) bond motifs is 1. The third-order valence-corrected chi connectivity index (χ3v) is 3.28. The first kappa shape index (κ1) is 12.8. The number of halogens is 1. The zero-order valence-electron chi connectivity index (χ0n) is 10.5. The predicted octanol–water partition coefficient (Wildman–Crippen LogP) is 1.35. The SMILES string of the molecule is O=[14C]1CN(O)C(c2ccccc2)=c2cc(Cl)ccc2=N1. The molecule has 5 heteroatoms. The molecule has 1 amide bonds. The van der Waals surface area contributed by atoms with Gasteiger partial charge in [0.1, 0.15) is 6.54 Å². The largest absolute Gasteiger partial charge is 0.288 e. The smallest absolute Gasteiger partial charge is 0.268 e. The van der Waals surface area contributed by atoms with Crippen molar-refractivity contribution in [1.29, 1.82) is 0 Å². The summed E-state index contributed by atoms with van der Waals surface area (Å²) in [6.07, 6.45) is 0. The molecule has 1 aliphatic heterocycles. The fourth-order valence-corrected chi connectivity index (χ4v) is 2.38. The number of carbonyl (C=O) groups excluding carboxylic acids is 1. The molecule has 0 saturated heterocycles. The Morgan fingerprint density at radius 2 is 1.95 bits per heavy atom. The predicted molar refractivity (Wildman–Crippen MR) is 74.7 cm³/mol. The lowest BCUT2D eigenvalue weighted by atomic mass is 10.1. The van der Waals surface area contributed by atoms with Gasteiger partial charge >= 0.3 is 0 Å². The maximum absolute atomic E-state index is 11.7. The normalized spacial score (nSPS) is 14.6. The zero-order valence-corrected chi connectivity index (χ0v) is 11.2. The van der Waals surface area contributed by atoms with Gasteiger partial charge in [-0.3, -0.25) is 10.0 Å². The van der Waals surface area contributed by atoms with Crippen molar-refractivity contribution in [1.82, 2.24) is 5.06 Å². The summed E-state index contributed by atoms with van der Waals surface area (Å²) in [5, 5.41) is 12.8. The summed E-state index contributed by atoms with van der Waals surface area (Å²) in [7, 11) is 0. The van der Waals surface area contributed by atoms with Crippen molar-refractivity contribution in [3.05, 3.63) is 69.7 Å². The van der Waals surface area contributed by atoms with Crippen molar-refractivity contribution in [2.45, 2.75) is 0 Å². The van der Waals surface area contributed by atoms with Gasteiger partial charge in [-0.05, 0) is 18.2 Å². The molecule has 0 unspecified atom stereocenters. The fourth-order valence-electron chi connectivity index (χ4n) is 2.21. The van der Waals surface area contributed by atoms with E-state index >= 15 is 0 Å². The number of amides is 1. The molecule has 0 aromatic heterocycles. The highest BCUT2D eigenvalue weighted by atomic mass is 35.5. The van der Waals surface area contributed by atoms with Gasteiger partial charge in [-0.15, -0.1) is 0 Å². The van der Waals surface area contributed by atoms with Crippen LogP contribution < -0.4 is 10.6 Å². The second-order valence-electron chi connectivity index (χ2n) is 4.44. The molecule has 20 heavy (non-hydrogen) atoms. The lowest BCUT2D eigenvalue weighted by Crippen LogP contribution is -2.31. The third kappa shape index (κ3) is 2.31. The van der Waals surface area contributed by atoms with Crippen molar-refractivity contribution in [2.24, 2.45) is 4.99 Å². The van der Waals surface area contributed by atoms with E-state index in [2.05, 4.69) is 4.99 Å². The van der Waals surface area contributed by atoms with E-state index in [4.69, 9.17) is 11.6 Å². The molecule has 0 aliphatic carbocycles. The second kappa shape index (κ2) is 5.07. The molecule has 0 radical (unpaired) electrons. The maximum Gasteiger partial charge on any atom is 0.268 e. The monoisotopic (exact) mass is 288 g/mol. The molecule has 0 spiro atoms. The van der Waals surface area contributed by atoms with Crippen LogP contribution in [0, 0.1) is 0 Å². The zero-order chi connectivity index (χ0) is 14.1. The average Bonchev–Trinajstić information content (AvgIpc) is 2.54. The molecular weight excluding hydrogens is 278 g/mol. The minimum atomic E-state index is -0.401. The number of hydrogen-bond acceptors (Lipinski definition) is 3. The topological polar surface area (TPSA) is 52.9 Å². The highest BCUT2D eigenvalue weighted by molar-refractivity contribution is 6.30. The van der Waals surface area contributed by atoms with E-state index in [1.807, 2.05) is 30.3 Å². The van der Waals surface area contributed by atoms with Gasteiger partial charge in [-0.1, -0.05) is 41.9 Å². The first-order valence-electron chi connectivity index (χ1n) is 6.08.